The van der Waals surface area contributed by atoms with Crippen molar-refractivity contribution < 1.29 is 0 Å². The Morgan fingerprint density at radius 2 is 2.24 bits per heavy atom. The minimum absolute atomic E-state index is 0.415. The first-order valence-electron chi connectivity index (χ1n) is 5.98. The highest BCUT2D eigenvalue weighted by Crippen LogP contribution is 2.21. The van der Waals surface area contributed by atoms with Crippen molar-refractivity contribution in [2.24, 2.45) is 5.92 Å². The maximum atomic E-state index is 5.72. The average molecular weight is 235 g/mol. The maximum absolute atomic E-state index is 5.72. The van der Waals surface area contributed by atoms with Crippen molar-refractivity contribution in [1.82, 2.24) is 9.88 Å². The lowest BCUT2D eigenvalue weighted by Crippen LogP contribution is -2.28. The molecule has 0 amide bonds. The van der Waals surface area contributed by atoms with Crippen LogP contribution >= 0.6 is 0 Å². The molecule has 1 aliphatic heterocycles. The van der Waals surface area contributed by atoms with Gasteiger partial charge in [0, 0.05) is 20.1 Å². The molecule has 1 atom stereocenters. The molecule has 2 rings (SSSR count). The van der Waals surface area contributed by atoms with Crippen LogP contribution in [-0.4, -0.2) is 43.6 Å². The van der Waals surface area contributed by atoms with Crippen molar-refractivity contribution in [1.29, 1.82) is 0 Å². The van der Waals surface area contributed by atoms with Crippen LogP contribution in [0.25, 0.3) is 0 Å². The number of nitrogen functional groups attached to an aromatic ring is 2. The van der Waals surface area contributed by atoms with Gasteiger partial charge in [-0.05, 0) is 38.1 Å². The zero-order chi connectivity index (χ0) is 12.4. The zero-order valence-electron chi connectivity index (χ0n) is 10.6. The van der Waals surface area contributed by atoms with Gasteiger partial charge in [-0.3, -0.25) is 0 Å². The summed E-state index contributed by atoms with van der Waals surface area (Å²) in [7, 11) is 4.22. The molecule has 0 radical (unpaired) electrons. The van der Waals surface area contributed by atoms with E-state index in [2.05, 4.69) is 28.9 Å². The molecule has 0 aromatic carbocycles. The van der Waals surface area contributed by atoms with Gasteiger partial charge >= 0.3 is 0 Å². The summed E-state index contributed by atoms with van der Waals surface area (Å²) >= 11 is 0. The summed E-state index contributed by atoms with van der Waals surface area (Å²) in [6.07, 6.45) is 1.26. The highest BCUT2D eigenvalue weighted by Gasteiger charge is 2.21. The van der Waals surface area contributed by atoms with E-state index in [9.17, 15) is 0 Å². The van der Waals surface area contributed by atoms with Crippen LogP contribution in [0.15, 0.2) is 12.1 Å². The van der Waals surface area contributed by atoms with Crippen molar-refractivity contribution in [3.63, 3.8) is 0 Å². The van der Waals surface area contributed by atoms with Crippen LogP contribution < -0.4 is 16.4 Å². The van der Waals surface area contributed by atoms with Crippen molar-refractivity contribution in [2.75, 3.05) is 50.1 Å². The van der Waals surface area contributed by atoms with E-state index < -0.39 is 0 Å². The summed E-state index contributed by atoms with van der Waals surface area (Å²) in [5.74, 6) is 2.02. The molecule has 4 N–H and O–H groups in total. The average Bonchev–Trinajstić information content (AvgIpc) is 2.68. The van der Waals surface area contributed by atoms with E-state index >= 15 is 0 Å². The van der Waals surface area contributed by atoms with Gasteiger partial charge in [-0.1, -0.05) is 0 Å². The molecule has 5 nitrogen and oxygen atoms in total. The Morgan fingerprint density at radius 1 is 1.47 bits per heavy atom. The van der Waals surface area contributed by atoms with E-state index in [1.165, 1.54) is 13.0 Å². The molecule has 1 aliphatic rings. The van der Waals surface area contributed by atoms with Gasteiger partial charge in [-0.2, -0.15) is 0 Å². The molecule has 0 bridgehead atoms. The SMILES string of the molecule is CN1CCC(CN(C)c2ccc(N)c(N)n2)C1. The lowest BCUT2D eigenvalue weighted by atomic mass is 10.1. The molecule has 1 fully saturated rings. The fraction of sp³-hybridized carbons (Fsp3) is 0.583. The largest absolute Gasteiger partial charge is 0.396 e. The normalized spacial score (nSPS) is 20.7. The molecular formula is C12H21N5. The predicted octanol–water partition coefficient (Wildman–Crippen LogP) is 0.634. The standard InChI is InChI=1S/C12H21N5/c1-16-6-5-9(7-16)8-17(2)11-4-3-10(13)12(14)15-11/h3-4,9H,5-8,13H2,1-2H3,(H2,14,15). The van der Waals surface area contributed by atoms with E-state index in [1.807, 2.05) is 12.1 Å². The van der Waals surface area contributed by atoms with Gasteiger partial charge in [0.1, 0.15) is 11.6 Å². The van der Waals surface area contributed by atoms with E-state index in [4.69, 9.17) is 11.5 Å². The van der Waals surface area contributed by atoms with Crippen LogP contribution in [0.2, 0.25) is 0 Å². The summed E-state index contributed by atoms with van der Waals surface area (Å²) in [4.78, 5) is 8.82. The summed E-state index contributed by atoms with van der Waals surface area (Å²) in [5.41, 5.74) is 11.9. The molecule has 1 aromatic rings. The molecule has 1 unspecified atom stereocenters. The monoisotopic (exact) mass is 235 g/mol. The number of likely N-dealkylation sites (tertiary alicyclic amines) is 1. The summed E-state index contributed by atoms with van der Waals surface area (Å²) in [6.45, 7) is 3.37. The second-order valence-corrected chi connectivity index (χ2v) is 4.94. The number of rotatable bonds is 3. The van der Waals surface area contributed by atoms with E-state index in [0.29, 0.717) is 17.4 Å². The molecule has 1 saturated heterocycles. The fourth-order valence-corrected chi connectivity index (χ4v) is 2.34. The van der Waals surface area contributed by atoms with Gasteiger partial charge in [0.2, 0.25) is 0 Å². The van der Waals surface area contributed by atoms with Crippen molar-refractivity contribution in [3.05, 3.63) is 12.1 Å². The van der Waals surface area contributed by atoms with Gasteiger partial charge in [-0.15, -0.1) is 0 Å². The van der Waals surface area contributed by atoms with Crippen molar-refractivity contribution in [2.45, 2.75) is 6.42 Å². The Hall–Kier alpha value is -1.49. The zero-order valence-corrected chi connectivity index (χ0v) is 10.6. The van der Waals surface area contributed by atoms with Crippen LogP contribution in [0.1, 0.15) is 6.42 Å². The lowest BCUT2D eigenvalue weighted by molar-refractivity contribution is 0.395. The summed E-state index contributed by atoms with van der Waals surface area (Å²) in [5, 5.41) is 0. The van der Waals surface area contributed by atoms with Gasteiger partial charge in [-0.25, -0.2) is 4.98 Å². The summed E-state index contributed by atoms with van der Waals surface area (Å²) < 4.78 is 0. The van der Waals surface area contributed by atoms with Crippen LogP contribution in [0.4, 0.5) is 17.3 Å². The molecule has 0 aliphatic carbocycles. The Kier molecular flexibility index (Phi) is 3.38. The second-order valence-electron chi connectivity index (χ2n) is 4.94. The first-order chi connectivity index (χ1) is 8.06. The quantitative estimate of drug-likeness (QED) is 0.804. The van der Waals surface area contributed by atoms with Crippen molar-refractivity contribution >= 4 is 17.3 Å². The lowest BCUT2D eigenvalue weighted by Gasteiger charge is -2.22. The highest BCUT2D eigenvalue weighted by molar-refractivity contribution is 5.62. The van der Waals surface area contributed by atoms with E-state index in [1.54, 1.807) is 0 Å². The topological polar surface area (TPSA) is 71.4 Å². The number of aromatic nitrogens is 1. The molecule has 1 aromatic heterocycles. The van der Waals surface area contributed by atoms with E-state index in [0.717, 1.165) is 18.9 Å². The van der Waals surface area contributed by atoms with Gasteiger partial charge in [0.25, 0.3) is 0 Å². The van der Waals surface area contributed by atoms with Crippen LogP contribution in [-0.2, 0) is 0 Å². The molecule has 17 heavy (non-hydrogen) atoms. The third kappa shape index (κ3) is 2.79. The number of pyridine rings is 1. The Morgan fingerprint density at radius 3 is 2.82 bits per heavy atom. The Bertz CT molecular complexity index is 392. The smallest absolute Gasteiger partial charge is 0.149 e. The summed E-state index contributed by atoms with van der Waals surface area (Å²) in [6, 6.07) is 3.74. The van der Waals surface area contributed by atoms with Crippen LogP contribution in [0, 0.1) is 5.92 Å². The highest BCUT2D eigenvalue weighted by atomic mass is 15.2. The fourth-order valence-electron chi connectivity index (χ4n) is 2.34. The van der Waals surface area contributed by atoms with Crippen molar-refractivity contribution in [3.8, 4) is 0 Å². The van der Waals surface area contributed by atoms with Gasteiger partial charge < -0.3 is 21.3 Å². The Labute approximate surface area is 102 Å². The molecule has 94 valence electrons. The molecule has 0 saturated carbocycles. The number of nitrogens with two attached hydrogens (primary N) is 2. The minimum atomic E-state index is 0.415. The molecule has 0 spiro atoms. The third-order valence-corrected chi connectivity index (χ3v) is 3.35. The number of nitrogens with zero attached hydrogens (tertiary/aromatic N) is 3. The first-order valence-corrected chi connectivity index (χ1v) is 5.98. The maximum Gasteiger partial charge on any atom is 0.149 e. The Balaban J connectivity index is 1.99. The molecular weight excluding hydrogens is 214 g/mol. The number of anilines is 3. The third-order valence-electron chi connectivity index (χ3n) is 3.35. The second kappa shape index (κ2) is 4.79. The molecule has 2 heterocycles. The first kappa shape index (κ1) is 12.0. The van der Waals surface area contributed by atoms with E-state index in [-0.39, 0.29) is 0 Å². The van der Waals surface area contributed by atoms with Crippen LogP contribution in [0.5, 0.6) is 0 Å². The number of hydrogen-bond acceptors (Lipinski definition) is 5. The number of hydrogen-bond donors (Lipinski definition) is 2. The van der Waals surface area contributed by atoms with Gasteiger partial charge in [0.15, 0.2) is 0 Å². The predicted molar refractivity (Wildman–Crippen MR) is 71.9 cm³/mol. The minimum Gasteiger partial charge on any atom is -0.396 e. The van der Waals surface area contributed by atoms with Crippen LogP contribution in [0.3, 0.4) is 0 Å². The van der Waals surface area contributed by atoms with Gasteiger partial charge in [0.05, 0.1) is 5.69 Å². The molecule has 5 heteroatoms.